The van der Waals surface area contributed by atoms with E-state index in [0.29, 0.717) is 22.9 Å². The van der Waals surface area contributed by atoms with E-state index >= 15 is 0 Å². The summed E-state index contributed by atoms with van der Waals surface area (Å²) in [5.74, 6) is 1.09. The van der Waals surface area contributed by atoms with Gasteiger partial charge >= 0.3 is 0 Å². The summed E-state index contributed by atoms with van der Waals surface area (Å²) in [5, 5.41) is 6.60. The van der Waals surface area contributed by atoms with Crippen LogP contribution in [0, 0.1) is 0 Å². The third-order valence-corrected chi connectivity index (χ3v) is 4.00. The van der Waals surface area contributed by atoms with E-state index in [0.717, 1.165) is 11.3 Å². The smallest absolute Gasteiger partial charge is 0.257 e. The predicted octanol–water partition coefficient (Wildman–Crippen LogP) is 3.82. The van der Waals surface area contributed by atoms with E-state index in [2.05, 4.69) is 20.4 Å². The van der Waals surface area contributed by atoms with Crippen LogP contribution in [0.2, 0.25) is 0 Å². The van der Waals surface area contributed by atoms with Crippen molar-refractivity contribution in [3.63, 3.8) is 0 Å². The van der Waals surface area contributed by atoms with E-state index in [9.17, 15) is 4.79 Å². The minimum Gasteiger partial charge on any atom is -0.461 e. The van der Waals surface area contributed by atoms with E-state index in [-0.39, 0.29) is 11.9 Å². The number of nitrogens with zero attached hydrogens (tertiary/aromatic N) is 2. The molecule has 1 unspecified atom stereocenters. The number of hydrogen-bond donors (Lipinski definition) is 2. The molecule has 3 aromatic heterocycles. The van der Waals surface area contributed by atoms with Crippen LogP contribution in [0.1, 0.15) is 29.1 Å². The molecular formula is C19H16N4O3. The van der Waals surface area contributed by atoms with Crippen molar-refractivity contribution < 1.29 is 13.7 Å². The number of aromatic nitrogens is 3. The zero-order valence-electron chi connectivity index (χ0n) is 14.0. The first-order valence-corrected chi connectivity index (χ1v) is 8.12. The second-order valence-corrected chi connectivity index (χ2v) is 5.79. The third kappa shape index (κ3) is 3.02. The van der Waals surface area contributed by atoms with Gasteiger partial charge in [0, 0.05) is 0 Å². The quantitative estimate of drug-likeness (QED) is 0.571. The van der Waals surface area contributed by atoms with Crippen LogP contribution in [0.5, 0.6) is 0 Å². The second kappa shape index (κ2) is 6.72. The van der Waals surface area contributed by atoms with Crippen LogP contribution in [-0.4, -0.2) is 21.0 Å². The molecule has 7 heteroatoms. The number of amides is 1. The van der Waals surface area contributed by atoms with Crippen LogP contribution in [-0.2, 0) is 0 Å². The Morgan fingerprint density at radius 3 is 2.77 bits per heavy atom. The van der Waals surface area contributed by atoms with Gasteiger partial charge in [-0.1, -0.05) is 35.5 Å². The Morgan fingerprint density at radius 2 is 2.00 bits per heavy atom. The van der Waals surface area contributed by atoms with Crippen LogP contribution in [0.4, 0.5) is 0 Å². The third-order valence-electron chi connectivity index (χ3n) is 4.00. The van der Waals surface area contributed by atoms with E-state index in [1.165, 1.54) is 12.5 Å². The van der Waals surface area contributed by atoms with Gasteiger partial charge in [-0.05, 0) is 24.6 Å². The van der Waals surface area contributed by atoms with Gasteiger partial charge in [-0.25, -0.2) is 4.98 Å². The van der Waals surface area contributed by atoms with Crippen LogP contribution in [0.3, 0.4) is 0 Å². The molecule has 1 aromatic carbocycles. The fourth-order valence-electron chi connectivity index (χ4n) is 2.65. The Balaban J connectivity index is 1.51. The number of rotatable bonds is 5. The fourth-order valence-corrected chi connectivity index (χ4v) is 2.65. The molecule has 4 rings (SSSR count). The van der Waals surface area contributed by atoms with Crippen molar-refractivity contribution in [1.82, 2.24) is 20.4 Å². The molecule has 0 aliphatic rings. The molecule has 0 fully saturated rings. The Hall–Kier alpha value is -3.61. The van der Waals surface area contributed by atoms with Crippen molar-refractivity contribution >= 4 is 5.91 Å². The van der Waals surface area contributed by atoms with E-state index < -0.39 is 0 Å². The van der Waals surface area contributed by atoms with Crippen LogP contribution >= 0.6 is 0 Å². The average Bonchev–Trinajstić information content (AvgIpc) is 3.42. The number of carbonyl (C=O) groups excluding carboxylic acids is 1. The van der Waals surface area contributed by atoms with Gasteiger partial charge in [0.2, 0.25) is 5.76 Å². The van der Waals surface area contributed by atoms with Crippen molar-refractivity contribution in [2.45, 2.75) is 13.0 Å². The molecule has 3 heterocycles. The fraction of sp³-hybridized carbons (Fsp3) is 0.105. The highest BCUT2D eigenvalue weighted by Gasteiger charge is 2.22. The van der Waals surface area contributed by atoms with Crippen molar-refractivity contribution in [2.75, 3.05) is 0 Å². The highest BCUT2D eigenvalue weighted by atomic mass is 16.5. The summed E-state index contributed by atoms with van der Waals surface area (Å²) in [7, 11) is 0. The number of nitrogens with one attached hydrogen (secondary N) is 2. The predicted molar refractivity (Wildman–Crippen MR) is 94.1 cm³/mol. The number of aromatic amines is 1. The lowest BCUT2D eigenvalue weighted by Gasteiger charge is -2.11. The molecule has 0 saturated heterocycles. The SMILES string of the molecule is CC(NC(=O)c1cnoc1-c1ccco1)c1ncc(-c2ccccc2)[nH]1. The lowest BCUT2D eigenvalue weighted by Crippen LogP contribution is -2.27. The molecule has 0 radical (unpaired) electrons. The number of hydrogen-bond acceptors (Lipinski definition) is 5. The molecule has 0 bridgehead atoms. The largest absolute Gasteiger partial charge is 0.461 e. The molecule has 0 aliphatic heterocycles. The zero-order chi connectivity index (χ0) is 17.9. The molecule has 4 aromatic rings. The van der Waals surface area contributed by atoms with Gasteiger partial charge in [-0.3, -0.25) is 4.79 Å². The maximum Gasteiger partial charge on any atom is 0.257 e. The first kappa shape index (κ1) is 15.9. The van der Waals surface area contributed by atoms with Gasteiger partial charge in [0.15, 0.2) is 5.76 Å². The van der Waals surface area contributed by atoms with Crippen LogP contribution in [0.25, 0.3) is 22.8 Å². The number of imidazole rings is 1. The summed E-state index contributed by atoms with van der Waals surface area (Å²) in [6.07, 6.45) is 4.63. The van der Waals surface area contributed by atoms with Crippen molar-refractivity contribution in [2.24, 2.45) is 0 Å². The molecule has 1 amide bonds. The number of furan rings is 1. The van der Waals surface area contributed by atoms with E-state index in [4.69, 9.17) is 8.94 Å². The molecule has 2 N–H and O–H groups in total. The summed E-state index contributed by atoms with van der Waals surface area (Å²) in [6.45, 7) is 1.85. The van der Waals surface area contributed by atoms with Gasteiger partial charge in [0.1, 0.15) is 11.4 Å². The lowest BCUT2D eigenvalue weighted by molar-refractivity contribution is 0.0938. The average molecular weight is 348 g/mol. The van der Waals surface area contributed by atoms with Gasteiger partial charge in [-0.2, -0.15) is 0 Å². The first-order chi connectivity index (χ1) is 12.7. The maximum atomic E-state index is 12.6. The molecule has 7 nitrogen and oxygen atoms in total. The van der Waals surface area contributed by atoms with E-state index in [1.807, 2.05) is 37.3 Å². The van der Waals surface area contributed by atoms with Gasteiger partial charge in [0.05, 0.1) is 30.4 Å². The summed E-state index contributed by atoms with van der Waals surface area (Å²) in [5.41, 5.74) is 2.23. The Morgan fingerprint density at radius 1 is 1.15 bits per heavy atom. The highest BCUT2D eigenvalue weighted by Crippen LogP contribution is 2.25. The minimum absolute atomic E-state index is 0.295. The summed E-state index contributed by atoms with van der Waals surface area (Å²) >= 11 is 0. The second-order valence-electron chi connectivity index (χ2n) is 5.79. The topological polar surface area (TPSA) is 97.0 Å². The zero-order valence-corrected chi connectivity index (χ0v) is 14.0. The number of benzene rings is 1. The van der Waals surface area contributed by atoms with Crippen molar-refractivity contribution in [1.29, 1.82) is 0 Å². The summed E-state index contributed by atoms with van der Waals surface area (Å²) < 4.78 is 10.4. The molecule has 130 valence electrons. The number of carbonyl (C=O) groups is 1. The minimum atomic E-state index is -0.320. The van der Waals surface area contributed by atoms with Crippen LogP contribution < -0.4 is 5.32 Å². The molecule has 26 heavy (non-hydrogen) atoms. The molecule has 1 atom stereocenters. The standard InChI is InChI=1S/C19H16N4O3/c1-12(18-20-11-15(23-18)13-6-3-2-4-7-13)22-19(24)14-10-21-26-17(14)16-8-5-9-25-16/h2-12H,1H3,(H,20,23)(H,22,24). The van der Waals surface area contributed by atoms with E-state index in [1.54, 1.807) is 18.3 Å². The van der Waals surface area contributed by atoms with Crippen molar-refractivity contribution in [3.8, 4) is 22.8 Å². The summed E-state index contributed by atoms with van der Waals surface area (Å²) in [6, 6.07) is 13.0. The molecule has 0 saturated carbocycles. The molecular weight excluding hydrogens is 332 g/mol. The molecule has 0 spiro atoms. The normalized spacial score (nSPS) is 12.0. The van der Waals surface area contributed by atoms with Gasteiger partial charge in [0.25, 0.3) is 5.91 Å². The Labute approximate surface area is 149 Å². The summed E-state index contributed by atoms with van der Waals surface area (Å²) in [4.78, 5) is 20.2. The highest BCUT2D eigenvalue weighted by molar-refractivity contribution is 5.98. The monoisotopic (exact) mass is 348 g/mol. The maximum absolute atomic E-state index is 12.6. The number of H-pyrrole nitrogens is 1. The first-order valence-electron chi connectivity index (χ1n) is 8.12. The van der Waals surface area contributed by atoms with Gasteiger partial charge in [-0.15, -0.1) is 0 Å². The lowest BCUT2D eigenvalue weighted by atomic mass is 10.2. The molecule has 0 aliphatic carbocycles. The Kier molecular flexibility index (Phi) is 4.10. The van der Waals surface area contributed by atoms with Crippen molar-refractivity contribution in [3.05, 3.63) is 72.5 Å². The Bertz CT molecular complexity index is 1000. The van der Waals surface area contributed by atoms with Crippen LogP contribution in [0.15, 0.2) is 70.1 Å². The van der Waals surface area contributed by atoms with Gasteiger partial charge < -0.3 is 19.2 Å².